The number of likely N-dealkylation sites (N-methyl/N-ethyl adjacent to an activating group) is 1. The zero-order valence-corrected chi connectivity index (χ0v) is 23.4. The van der Waals surface area contributed by atoms with Crippen LogP contribution in [0.25, 0.3) is 5.57 Å². The van der Waals surface area contributed by atoms with Gasteiger partial charge in [0.05, 0.1) is 5.71 Å². The van der Waals surface area contributed by atoms with Crippen LogP contribution in [-0.2, 0) is 4.84 Å². The SMILES string of the molecule is CNCC1CCCCN1C(=O)ON=C1C=C2CC[C@H]3[C@H](CC[C@]4(C)C(c5cccnc5)=CC[C@@H]34)[C@@]2(C)CC1. The van der Waals surface area contributed by atoms with E-state index in [0.29, 0.717) is 0 Å². The van der Waals surface area contributed by atoms with Gasteiger partial charge < -0.3 is 10.2 Å². The predicted octanol–water partition coefficient (Wildman–Crippen LogP) is 6.60. The molecule has 6 heteroatoms. The smallest absolute Gasteiger partial charge is 0.318 e. The fraction of sp³-hybridized carbons (Fsp3) is 0.656. The molecule has 1 aromatic heterocycles. The highest BCUT2D eigenvalue weighted by atomic mass is 16.7. The van der Waals surface area contributed by atoms with E-state index in [1.165, 1.54) is 48.8 Å². The summed E-state index contributed by atoms with van der Waals surface area (Å²) >= 11 is 0. The molecule has 1 aliphatic heterocycles. The van der Waals surface area contributed by atoms with Crippen molar-refractivity contribution in [1.82, 2.24) is 15.2 Å². The lowest BCUT2D eigenvalue weighted by molar-refractivity contribution is -0.0191. The first-order valence-corrected chi connectivity index (χ1v) is 15.0. The lowest BCUT2D eigenvalue weighted by Gasteiger charge is -2.58. The molecule has 0 bridgehead atoms. The summed E-state index contributed by atoms with van der Waals surface area (Å²) in [5.41, 5.74) is 5.81. The van der Waals surface area contributed by atoms with Gasteiger partial charge in [0.15, 0.2) is 0 Å². The molecule has 1 unspecified atom stereocenters. The average Bonchev–Trinajstić information content (AvgIpc) is 3.30. The van der Waals surface area contributed by atoms with Crippen molar-refractivity contribution in [3.63, 3.8) is 0 Å². The number of fused-ring (bicyclic) bond motifs is 5. The Morgan fingerprint density at radius 2 is 2.05 bits per heavy atom. The molecule has 2 heterocycles. The fourth-order valence-electron chi connectivity index (χ4n) is 9.02. The number of carbonyl (C=O) groups is 1. The number of amides is 1. The van der Waals surface area contributed by atoms with Gasteiger partial charge in [0, 0.05) is 31.5 Å². The minimum atomic E-state index is -0.294. The lowest BCUT2D eigenvalue weighted by atomic mass is 9.46. The number of allylic oxidation sites excluding steroid dienone is 4. The van der Waals surface area contributed by atoms with Crippen molar-refractivity contribution in [3.8, 4) is 0 Å². The number of likely N-dealkylation sites (tertiary alicyclic amines) is 1. The monoisotopic (exact) mass is 516 g/mol. The van der Waals surface area contributed by atoms with E-state index in [1.807, 2.05) is 18.1 Å². The largest absolute Gasteiger partial charge is 0.436 e. The quantitative estimate of drug-likeness (QED) is 0.361. The van der Waals surface area contributed by atoms with E-state index in [0.717, 1.165) is 68.7 Å². The number of aromatic nitrogens is 1. The lowest BCUT2D eigenvalue weighted by Crippen LogP contribution is -2.50. The number of carbonyl (C=O) groups excluding carboxylic acids is 1. The summed E-state index contributed by atoms with van der Waals surface area (Å²) in [6, 6.07) is 4.51. The third-order valence-electron chi connectivity index (χ3n) is 11.1. The summed E-state index contributed by atoms with van der Waals surface area (Å²) in [4.78, 5) is 24.7. The molecule has 1 amide bonds. The maximum absolute atomic E-state index is 12.9. The Morgan fingerprint density at radius 3 is 2.87 bits per heavy atom. The Hall–Kier alpha value is -2.47. The molecule has 6 atom stereocenters. The molecule has 3 fully saturated rings. The highest BCUT2D eigenvalue weighted by Crippen LogP contribution is 2.66. The second-order valence-electron chi connectivity index (χ2n) is 12.9. The first-order valence-electron chi connectivity index (χ1n) is 15.0. The molecule has 4 aliphatic carbocycles. The Morgan fingerprint density at radius 1 is 1.16 bits per heavy atom. The van der Waals surface area contributed by atoms with Crippen LogP contribution < -0.4 is 5.32 Å². The normalized spacial score (nSPS) is 37.6. The second kappa shape index (κ2) is 10.3. The van der Waals surface area contributed by atoms with E-state index in [-0.39, 0.29) is 23.0 Å². The van der Waals surface area contributed by atoms with E-state index in [2.05, 4.69) is 59.8 Å². The van der Waals surface area contributed by atoms with Gasteiger partial charge in [-0.2, -0.15) is 0 Å². The standard InChI is InChI=1S/C32H44N4O2/c1-31-15-13-24(35-38-30(37)36-18-5-4-8-25(36)21-33-3)19-23(31)9-10-26-28-12-11-27(22-7-6-17-34-20-22)32(28,2)16-14-29(26)31/h6-7,11,17,19-20,25-26,28-29,33H,4-5,8-10,12-16,18,21H2,1-3H3/t25?,26-,28+,29+,31+,32-/m1/s1. The summed E-state index contributed by atoms with van der Waals surface area (Å²) in [5, 5.41) is 7.61. The molecule has 6 rings (SSSR count). The van der Waals surface area contributed by atoms with Crippen LogP contribution in [0.5, 0.6) is 0 Å². The van der Waals surface area contributed by atoms with E-state index in [1.54, 1.807) is 0 Å². The topological polar surface area (TPSA) is 66.8 Å². The molecule has 1 saturated heterocycles. The minimum Gasteiger partial charge on any atom is -0.318 e. The van der Waals surface area contributed by atoms with Gasteiger partial charge in [0.1, 0.15) is 0 Å². The number of piperidine rings is 1. The number of hydrogen-bond acceptors (Lipinski definition) is 5. The van der Waals surface area contributed by atoms with Crippen LogP contribution in [0, 0.1) is 28.6 Å². The number of nitrogens with one attached hydrogen (secondary N) is 1. The number of nitrogens with zero attached hydrogens (tertiary/aromatic N) is 3. The second-order valence-corrected chi connectivity index (χ2v) is 12.9. The van der Waals surface area contributed by atoms with Gasteiger partial charge in [-0.15, -0.1) is 0 Å². The molecule has 1 aromatic rings. The van der Waals surface area contributed by atoms with Gasteiger partial charge in [0.25, 0.3) is 0 Å². The zero-order valence-electron chi connectivity index (χ0n) is 23.4. The van der Waals surface area contributed by atoms with Gasteiger partial charge in [-0.1, -0.05) is 36.7 Å². The Bertz CT molecular complexity index is 1140. The van der Waals surface area contributed by atoms with E-state index >= 15 is 0 Å². The number of oxime groups is 1. The van der Waals surface area contributed by atoms with Crippen molar-refractivity contribution in [3.05, 3.63) is 47.8 Å². The van der Waals surface area contributed by atoms with Crippen molar-refractivity contribution >= 4 is 17.4 Å². The average molecular weight is 517 g/mol. The molecule has 6 nitrogen and oxygen atoms in total. The molecular formula is C32H44N4O2. The van der Waals surface area contributed by atoms with Gasteiger partial charge in [-0.05, 0) is 123 Å². The summed E-state index contributed by atoms with van der Waals surface area (Å²) in [6.07, 6.45) is 19.8. The third-order valence-corrected chi connectivity index (χ3v) is 11.1. The van der Waals surface area contributed by atoms with Crippen molar-refractivity contribution in [2.45, 2.75) is 84.1 Å². The van der Waals surface area contributed by atoms with E-state index in [4.69, 9.17) is 4.84 Å². The Labute approximate surface area is 228 Å². The molecule has 204 valence electrons. The molecule has 0 aromatic carbocycles. The van der Waals surface area contributed by atoms with Crippen LogP contribution in [0.1, 0.15) is 83.6 Å². The van der Waals surface area contributed by atoms with Crippen LogP contribution >= 0.6 is 0 Å². The summed E-state index contributed by atoms with van der Waals surface area (Å²) < 4.78 is 0. The van der Waals surface area contributed by atoms with Gasteiger partial charge in [0.2, 0.25) is 0 Å². The van der Waals surface area contributed by atoms with E-state index in [9.17, 15) is 4.79 Å². The molecule has 38 heavy (non-hydrogen) atoms. The molecule has 0 radical (unpaired) electrons. The van der Waals surface area contributed by atoms with Crippen LogP contribution in [-0.4, -0.2) is 47.9 Å². The number of hydrogen-bond donors (Lipinski definition) is 1. The summed E-state index contributed by atoms with van der Waals surface area (Å²) in [6.45, 7) is 6.60. The number of rotatable bonds is 4. The highest BCUT2D eigenvalue weighted by Gasteiger charge is 2.57. The first-order chi connectivity index (χ1) is 18.4. The van der Waals surface area contributed by atoms with Gasteiger partial charge in [-0.25, -0.2) is 4.79 Å². The fourth-order valence-corrected chi connectivity index (χ4v) is 9.02. The molecular weight excluding hydrogens is 472 g/mol. The van der Waals surface area contributed by atoms with Gasteiger partial charge in [-0.3, -0.25) is 9.82 Å². The molecule has 5 aliphatic rings. The minimum absolute atomic E-state index is 0.200. The van der Waals surface area contributed by atoms with E-state index < -0.39 is 0 Å². The maximum Gasteiger partial charge on any atom is 0.436 e. The predicted molar refractivity (Wildman–Crippen MR) is 151 cm³/mol. The summed E-state index contributed by atoms with van der Waals surface area (Å²) in [7, 11) is 1.94. The van der Waals surface area contributed by atoms with Crippen LogP contribution in [0.3, 0.4) is 0 Å². The van der Waals surface area contributed by atoms with Crippen molar-refractivity contribution in [2.24, 2.45) is 33.7 Å². The molecule has 0 spiro atoms. The van der Waals surface area contributed by atoms with Crippen LogP contribution in [0.4, 0.5) is 4.79 Å². The van der Waals surface area contributed by atoms with Crippen molar-refractivity contribution < 1.29 is 9.63 Å². The Kier molecular flexibility index (Phi) is 6.96. The highest BCUT2D eigenvalue weighted by molar-refractivity contribution is 5.96. The summed E-state index contributed by atoms with van der Waals surface area (Å²) in [5.74, 6) is 2.21. The van der Waals surface area contributed by atoms with Gasteiger partial charge >= 0.3 is 6.09 Å². The molecule has 1 N–H and O–H groups in total. The van der Waals surface area contributed by atoms with Crippen molar-refractivity contribution in [1.29, 1.82) is 0 Å². The Balaban J connectivity index is 1.15. The maximum atomic E-state index is 12.9. The van der Waals surface area contributed by atoms with Crippen molar-refractivity contribution in [2.75, 3.05) is 20.1 Å². The van der Waals surface area contributed by atoms with Crippen LogP contribution in [0.15, 0.2) is 47.4 Å². The molecule has 2 saturated carbocycles. The first kappa shape index (κ1) is 25.8. The number of pyridine rings is 1. The zero-order chi connectivity index (χ0) is 26.3. The third kappa shape index (κ3) is 4.33. The van der Waals surface area contributed by atoms with Crippen LogP contribution in [0.2, 0.25) is 0 Å².